The summed E-state index contributed by atoms with van der Waals surface area (Å²) < 4.78 is 22.9. The van der Waals surface area contributed by atoms with Gasteiger partial charge in [0.1, 0.15) is 0 Å². The van der Waals surface area contributed by atoms with E-state index < -0.39 is 15.9 Å². The Balaban J connectivity index is 1.98. The summed E-state index contributed by atoms with van der Waals surface area (Å²) in [7, 11) is -3.01. The fraction of sp³-hybridized carbons (Fsp3) is 0.562. The molecule has 1 aliphatic heterocycles. The van der Waals surface area contributed by atoms with Crippen molar-refractivity contribution >= 4 is 21.4 Å². The summed E-state index contributed by atoms with van der Waals surface area (Å²) >= 11 is 0. The molecule has 1 saturated heterocycles. The van der Waals surface area contributed by atoms with E-state index in [2.05, 4.69) is 5.32 Å². The number of rotatable bonds is 7. The van der Waals surface area contributed by atoms with Crippen molar-refractivity contribution in [3.05, 3.63) is 30.3 Å². The molecule has 128 valence electrons. The molecule has 7 heteroatoms. The minimum atomic E-state index is -3.01. The minimum Gasteiger partial charge on any atom is -0.391 e. The topological polar surface area (TPSA) is 86.7 Å². The third-order valence-electron chi connectivity index (χ3n) is 3.96. The summed E-state index contributed by atoms with van der Waals surface area (Å²) in [4.78, 5) is 14.0. The van der Waals surface area contributed by atoms with E-state index in [9.17, 15) is 18.3 Å². The van der Waals surface area contributed by atoms with Gasteiger partial charge in [-0.05, 0) is 25.0 Å². The van der Waals surface area contributed by atoms with Crippen molar-refractivity contribution in [2.45, 2.75) is 31.9 Å². The minimum absolute atomic E-state index is 0.0155. The van der Waals surface area contributed by atoms with Crippen LogP contribution in [0, 0.1) is 0 Å². The number of sulfone groups is 1. The van der Waals surface area contributed by atoms with Gasteiger partial charge >= 0.3 is 0 Å². The van der Waals surface area contributed by atoms with Crippen LogP contribution in [0.25, 0.3) is 0 Å². The summed E-state index contributed by atoms with van der Waals surface area (Å²) in [6.07, 6.45) is 0.554. The maximum atomic E-state index is 12.2. The highest BCUT2D eigenvalue weighted by molar-refractivity contribution is 7.91. The van der Waals surface area contributed by atoms with Gasteiger partial charge in [-0.25, -0.2) is 8.42 Å². The van der Waals surface area contributed by atoms with Gasteiger partial charge < -0.3 is 15.3 Å². The zero-order valence-corrected chi connectivity index (χ0v) is 14.1. The molecular weight excluding hydrogens is 316 g/mol. The SMILES string of the molecule is CC[C@H](O)CN(CC(=O)N[C@H]1CCS(=O)(=O)C1)c1ccccc1. The molecule has 0 aliphatic carbocycles. The molecule has 1 aromatic rings. The van der Waals surface area contributed by atoms with Gasteiger partial charge in [0.15, 0.2) is 9.84 Å². The normalized spacial score (nSPS) is 20.9. The van der Waals surface area contributed by atoms with Crippen molar-refractivity contribution in [3.63, 3.8) is 0 Å². The lowest BCUT2D eigenvalue weighted by molar-refractivity contribution is -0.120. The van der Waals surface area contributed by atoms with Gasteiger partial charge in [0, 0.05) is 18.3 Å². The molecule has 1 aliphatic rings. The molecule has 2 atom stereocenters. The zero-order chi connectivity index (χ0) is 16.9. The summed E-state index contributed by atoms with van der Waals surface area (Å²) in [5.41, 5.74) is 0.856. The van der Waals surface area contributed by atoms with Crippen molar-refractivity contribution in [3.8, 4) is 0 Å². The first kappa shape index (κ1) is 17.7. The highest BCUT2D eigenvalue weighted by Crippen LogP contribution is 2.15. The number of nitrogens with one attached hydrogen (secondary N) is 1. The Kier molecular flexibility index (Phi) is 6.01. The molecule has 1 fully saturated rings. The van der Waals surface area contributed by atoms with Crippen LogP contribution in [0.4, 0.5) is 5.69 Å². The van der Waals surface area contributed by atoms with E-state index in [1.165, 1.54) is 0 Å². The number of carbonyl (C=O) groups is 1. The van der Waals surface area contributed by atoms with E-state index in [1.54, 1.807) is 0 Å². The fourth-order valence-corrected chi connectivity index (χ4v) is 4.31. The van der Waals surface area contributed by atoms with Crippen LogP contribution < -0.4 is 10.2 Å². The number of para-hydroxylation sites is 1. The van der Waals surface area contributed by atoms with Gasteiger partial charge in [0.2, 0.25) is 5.91 Å². The van der Waals surface area contributed by atoms with E-state index in [0.29, 0.717) is 19.4 Å². The molecule has 6 nitrogen and oxygen atoms in total. The van der Waals surface area contributed by atoms with E-state index in [1.807, 2.05) is 42.2 Å². The molecule has 1 aromatic carbocycles. The summed E-state index contributed by atoms with van der Waals surface area (Å²) in [5.74, 6) is -0.0735. The van der Waals surface area contributed by atoms with Gasteiger partial charge in [-0.2, -0.15) is 0 Å². The van der Waals surface area contributed by atoms with Crippen molar-refractivity contribution < 1.29 is 18.3 Å². The van der Waals surface area contributed by atoms with Crippen molar-refractivity contribution in [2.24, 2.45) is 0 Å². The second-order valence-electron chi connectivity index (χ2n) is 5.95. The molecule has 0 spiro atoms. The molecule has 0 saturated carbocycles. The van der Waals surface area contributed by atoms with Crippen LogP contribution in [-0.2, 0) is 14.6 Å². The lowest BCUT2D eigenvalue weighted by Gasteiger charge is -2.27. The largest absolute Gasteiger partial charge is 0.391 e. The second-order valence-corrected chi connectivity index (χ2v) is 8.17. The number of benzene rings is 1. The molecule has 23 heavy (non-hydrogen) atoms. The number of anilines is 1. The Morgan fingerprint density at radius 2 is 2.09 bits per heavy atom. The van der Waals surface area contributed by atoms with Crippen molar-refractivity contribution in [1.82, 2.24) is 5.32 Å². The Labute approximate surface area is 137 Å². The average molecular weight is 340 g/mol. The van der Waals surface area contributed by atoms with E-state index in [0.717, 1.165) is 5.69 Å². The standard InChI is InChI=1S/C16H24N2O4S/c1-2-15(19)10-18(14-6-4-3-5-7-14)11-16(20)17-13-8-9-23(21,22)12-13/h3-7,13,15,19H,2,8-12H2,1H3,(H,17,20)/t13-,15-/m0/s1. The quantitative estimate of drug-likeness (QED) is 0.758. The molecule has 0 bridgehead atoms. The summed E-state index contributed by atoms with van der Waals surface area (Å²) in [6, 6.07) is 9.11. The van der Waals surface area contributed by atoms with Crippen molar-refractivity contribution in [2.75, 3.05) is 29.5 Å². The number of nitrogens with zero attached hydrogens (tertiary/aromatic N) is 1. The Hall–Kier alpha value is -1.60. The Morgan fingerprint density at radius 3 is 2.65 bits per heavy atom. The van der Waals surface area contributed by atoms with Crippen molar-refractivity contribution in [1.29, 1.82) is 0 Å². The number of aliphatic hydroxyl groups is 1. The monoisotopic (exact) mass is 340 g/mol. The molecule has 0 radical (unpaired) electrons. The van der Waals surface area contributed by atoms with Gasteiger partial charge in [-0.1, -0.05) is 25.1 Å². The molecule has 2 N–H and O–H groups in total. The van der Waals surface area contributed by atoms with Crippen LogP contribution in [-0.4, -0.2) is 56.2 Å². The second kappa shape index (κ2) is 7.79. The predicted molar refractivity (Wildman–Crippen MR) is 90.2 cm³/mol. The number of hydrogen-bond acceptors (Lipinski definition) is 5. The first-order chi connectivity index (χ1) is 10.9. The zero-order valence-electron chi connectivity index (χ0n) is 13.3. The lowest BCUT2D eigenvalue weighted by Crippen LogP contribution is -2.44. The van der Waals surface area contributed by atoms with E-state index in [4.69, 9.17) is 0 Å². The van der Waals surface area contributed by atoms with Crippen LogP contribution in [0.1, 0.15) is 19.8 Å². The van der Waals surface area contributed by atoms with Gasteiger partial charge in [-0.15, -0.1) is 0 Å². The highest BCUT2D eigenvalue weighted by Gasteiger charge is 2.29. The number of hydrogen-bond donors (Lipinski definition) is 2. The Morgan fingerprint density at radius 1 is 1.39 bits per heavy atom. The Bertz CT molecular complexity index is 618. The maximum Gasteiger partial charge on any atom is 0.239 e. The number of aliphatic hydroxyl groups excluding tert-OH is 1. The molecule has 0 aromatic heterocycles. The van der Waals surface area contributed by atoms with Crippen LogP contribution in [0.5, 0.6) is 0 Å². The first-order valence-electron chi connectivity index (χ1n) is 7.87. The average Bonchev–Trinajstić information content (AvgIpc) is 2.86. The van der Waals surface area contributed by atoms with Gasteiger partial charge in [-0.3, -0.25) is 4.79 Å². The van der Waals surface area contributed by atoms with Gasteiger partial charge in [0.05, 0.1) is 24.2 Å². The number of amides is 1. The number of carbonyl (C=O) groups excluding carboxylic acids is 1. The summed E-state index contributed by atoms with van der Waals surface area (Å²) in [6.45, 7) is 2.34. The van der Waals surface area contributed by atoms with Crippen LogP contribution in [0.15, 0.2) is 30.3 Å². The molecule has 1 heterocycles. The third-order valence-corrected chi connectivity index (χ3v) is 5.72. The van der Waals surface area contributed by atoms with Crippen LogP contribution >= 0.6 is 0 Å². The molecular formula is C16H24N2O4S. The third kappa shape index (κ3) is 5.51. The van der Waals surface area contributed by atoms with Crippen LogP contribution in [0.2, 0.25) is 0 Å². The molecule has 1 amide bonds. The highest BCUT2D eigenvalue weighted by atomic mass is 32.2. The smallest absolute Gasteiger partial charge is 0.239 e. The summed E-state index contributed by atoms with van der Waals surface area (Å²) in [5, 5.41) is 12.7. The molecule has 0 unspecified atom stereocenters. The van der Waals surface area contributed by atoms with E-state index in [-0.39, 0.29) is 30.0 Å². The van der Waals surface area contributed by atoms with Crippen LogP contribution in [0.3, 0.4) is 0 Å². The molecule has 2 rings (SSSR count). The fourth-order valence-electron chi connectivity index (χ4n) is 2.64. The lowest BCUT2D eigenvalue weighted by atomic mass is 10.2. The van der Waals surface area contributed by atoms with E-state index >= 15 is 0 Å². The van der Waals surface area contributed by atoms with Gasteiger partial charge in [0.25, 0.3) is 0 Å². The maximum absolute atomic E-state index is 12.2. The first-order valence-corrected chi connectivity index (χ1v) is 9.69. The predicted octanol–water partition coefficient (Wildman–Crippen LogP) is 0.567.